The predicted octanol–water partition coefficient (Wildman–Crippen LogP) is 4.09. The fraction of sp³-hybridized carbons (Fsp3) is 0.143. The minimum absolute atomic E-state index is 0.271. The standard InChI is InChI=1S/C14H11F3O2/c1-19-11-8-7-10(18)12(13(11)14(15,16)17)9-5-3-2-4-6-9/h2-8,18H,1H3. The van der Waals surface area contributed by atoms with Crippen molar-refractivity contribution in [3.05, 3.63) is 48.0 Å². The van der Waals surface area contributed by atoms with Gasteiger partial charge >= 0.3 is 6.18 Å². The molecule has 0 saturated heterocycles. The van der Waals surface area contributed by atoms with E-state index >= 15 is 0 Å². The van der Waals surface area contributed by atoms with Gasteiger partial charge in [0, 0.05) is 5.56 Å². The van der Waals surface area contributed by atoms with Crippen LogP contribution in [0.15, 0.2) is 42.5 Å². The van der Waals surface area contributed by atoms with Crippen LogP contribution in [0.3, 0.4) is 0 Å². The lowest BCUT2D eigenvalue weighted by molar-refractivity contribution is -0.138. The Morgan fingerprint density at radius 3 is 2.16 bits per heavy atom. The van der Waals surface area contributed by atoms with Crippen LogP contribution in [0, 0.1) is 0 Å². The summed E-state index contributed by atoms with van der Waals surface area (Å²) in [6.07, 6.45) is -4.62. The minimum Gasteiger partial charge on any atom is -0.507 e. The number of benzene rings is 2. The second-order valence-corrected chi connectivity index (χ2v) is 3.90. The molecule has 2 aromatic rings. The summed E-state index contributed by atoms with van der Waals surface area (Å²) in [5, 5.41) is 9.77. The van der Waals surface area contributed by atoms with Crippen LogP contribution in [-0.4, -0.2) is 12.2 Å². The molecule has 0 heterocycles. The number of alkyl halides is 3. The van der Waals surface area contributed by atoms with Gasteiger partial charge in [0.1, 0.15) is 17.1 Å². The van der Waals surface area contributed by atoms with E-state index in [9.17, 15) is 18.3 Å². The molecule has 2 aromatic carbocycles. The van der Waals surface area contributed by atoms with Crippen LogP contribution >= 0.6 is 0 Å². The number of phenolic OH excluding ortho intramolecular Hbond substituents is 1. The molecule has 0 spiro atoms. The number of aromatic hydroxyl groups is 1. The van der Waals surface area contributed by atoms with Crippen LogP contribution in [-0.2, 0) is 6.18 Å². The van der Waals surface area contributed by atoms with Gasteiger partial charge in [0.2, 0.25) is 0 Å². The highest BCUT2D eigenvalue weighted by Crippen LogP contribution is 2.46. The van der Waals surface area contributed by atoms with E-state index in [0.717, 1.165) is 13.2 Å². The maximum absolute atomic E-state index is 13.2. The summed E-state index contributed by atoms with van der Waals surface area (Å²) in [4.78, 5) is 0. The fourth-order valence-corrected chi connectivity index (χ4v) is 1.92. The lowest BCUT2D eigenvalue weighted by atomic mass is 9.97. The first-order valence-corrected chi connectivity index (χ1v) is 5.47. The van der Waals surface area contributed by atoms with Gasteiger partial charge in [0.05, 0.1) is 7.11 Å². The lowest BCUT2D eigenvalue weighted by Crippen LogP contribution is -2.09. The number of ether oxygens (including phenoxy) is 1. The first-order valence-electron chi connectivity index (χ1n) is 5.47. The Bertz CT molecular complexity index is 577. The third-order valence-corrected chi connectivity index (χ3v) is 2.71. The summed E-state index contributed by atoms with van der Waals surface area (Å²) in [5.41, 5.74) is -0.958. The topological polar surface area (TPSA) is 29.5 Å². The van der Waals surface area contributed by atoms with Gasteiger partial charge in [-0.25, -0.2) is 0 Å². The summed E-state index contributed by atoms with van der Waals surface area (Å²) in [5.74, 6) is -0.747. The number of methoxy groups -OCH3 is 1. The first kappa shape index (κ1) is 13.3. The number of hydrogen-bond acceptors (Lipinski definition) is 2. The Hall–Kier alpha value is -2.17. The van der Waals surface area contributed by atoms with Gasteiger partial charge in [-0.2, -0.15) is 13.2 Å². The number of rotatable bonds is 2. The predicted molar refractivity (Wildman–Crippen MR) is 65.1 cm³/mol. The first-order chi connectivity index (χ1) is 8.95. The average Bonchev–Trinajstić information content (AvgIpc) is 2.38. The molecule has 5 heteroatoms. The molecule has 2 nitrogen and oxygen atoms in total. The molecule has 0 atom stereocenters. The van der Waals surface area contributed by atoms with Gasteiger partial charge in [-0.05, 0) is 17.7 Å². The largest absolute Gasteiger partial charge is 0.507 e. The molecule has 19 heavy (non-hydrogen) atoms. The van der Waals surface area contributed by atoms with E-state index in [1.54, 1.807) is 18.2 Å². The molecule has 0 aromatic heterocycles. The highest BCUT2D eigenvalue weighted by molar-refractivity contribution is 5.76. The van der Waals surface area contributed by atoms with Crippen LogP contribution in [0.1, 0.15) is 5.56 Å². The van der Waals surface area contributed by atoms with Crippen molar-refractivity contribution in [3.8, 4) is 22.6 Å². The van der Waals surface area contributed by atoms with Crippen molar-refractivity contribution >= 4 is 0 Å². The Kier molecular flexibility index (Phi) is 3.38. The quantitative estimate of drug-likeness (QED) is 0.889. The summed E-state index contributed by atoms with van der Waals surface area (Å²) in [6, 6.07) is 10.2. The third kappa shape index (κ3) is 2.50. The van der Waals surface area contributed by atoms with Gasteiger partial charge in [-0.1, -0.05) is 30.3 Å². The molecule has 100 valence electrons. The molecule has 0 aliphatic heterocycles. The summed E-state index contributed by atoms with van der Waals surface area (Å²) < 4.78 is 44.3. The number of hydrogen-bond donors (Lipinski definition) is 1. The molecule has 0 bridgehead atoms. The van der Waals surface area contributed by atoms with Crippen LogP contribution in [0.25, 0.3) is 11.1 Å². The van der Waals surface area contributed by atoms with E-state index in [2.05, 4.69) is 0 Å². The van der Waals surface area contributed by atoms with Crippen molar-refractivity contribution in [2.24, 2.45) is 0 Å². The van der Waals surface area contributed by atoms with Crippen molar-refractivity contribution in [2.45, 2.75) is 6.18 Å². The molecule has 0 saturated carbocycles. The van der Waals surface area contributed by atoms with Crippen molar-refractivity contribution < 1.29 is 23.0 Å². The van der Waals surface area contributed by atoms with Crippen LogP contribution in [0.5, 0.6) is 11.5 Å². The van der Waals surface area contributed by atoms with Gasteiger partial charge in [0.25, 0.3) is 0 Å². The number of halogens is 3. The Labute approximate surface area is 108 Å². The Morgan fingerprint density at radius 1 is 1.00 bits per heavy atom. The fourth-order valence-electron chi connectivity index (χ4n) is 1.92. The summed E-state index contributed by atoms with van der Waals surface area (Å²) >= 11 is 0. The lowest BCUT2D eigenvalue weighted by Gasteiger charge is -2.17. The molecular weight excluding hydrogens is 257 g/mol. The van der Waals surface area contributed by atoms with Gasteiger partial charge in [-0.3, -0.25) is 0 Å². The van der Waals surface area contributed by atoms with E-state index < -0.39 is 17.5 Å². The molecule has 0 radical (unpaired) electrons. The van der Waals surface area contributed by atoms with Crippen molar-refractivity contribution in [1.29, 1.82) is 0 Å². The zero-order chi connectivity index (χ0) is 14.0. The molecule has 0 amide bonds. The SMILES string of the molecule is COc1ccc(O)c(-c2ccccc2)c1C(F)(F)F. The Morgan fingerprint density at radius 2 is 1.63 bits per heavy atom. The van der Waals surface area contributed by atoms with Crippen LogP contribution < -0.4 is 4.74 Å². The monoisotopic (exact) mass is 268 g/mol. The smallest absolute Gasteiger partial charge is 0.420 e. The van der Waals surface area contributed by atoms with Gasteiger partial charge < -0.3 is 9.84 Å². The summed E-state index contributed by atoms with van der Waals surface area (Å²) in [7, 11) is 1.16. The molecule has 0 fully saturated rings. The normalized spacial score (nSPS) is 11.4. The summed E-state index contributed by atoms with van der Waals surface area (Å²) in [6.45, 7) is 0. The van der Waals surface area contributed by atoms with E-state index in [4.69, 9.17) is 4.74 Å². The molecule has 1 N–H and O–H groups in total. The van der Waals surface area contributed by atoms with E-state index in [0.29, 0.717) is 0 Å². The molecular formula is C14H11F3O2. The molecule has 2 rings (SSSR count). The van der Waals surface area contributed by atoms with E-state index in [1.807, 2.05) is 0 Å². The van der Waals surface area contributed by atoms with Crippen molar-refractivity contribution in [1.82, 2.24) is 0 Å². The number of phenols is 1. The zero-order valence-corrected chi connectivity index (χ0v) is 10.0. The van der Waals surface area contributed by atoms with Crippen LogP contribution in [0.2, 0.25) is 0 Å². The second kappa shape index (κ2) is 4.84. The maximum atomic E-state index is 13.2. The van der Waals surface area contributed by atoms with Gasteiger partial charge in [-0.15, -0.1) is 0 Å². The second-order valence-electron chi connectivity index (χ2n) is 3.90. The average molecular weight is 268 g/mol. The maximum Gasteiger partial charge on any atom is 0.420 e. The van der Waals surface area contributed by atoms with Gasteiger partial charge in [0.15, 0.2) is 0 Å². The van der Waals surface area contributed by atoms with E-state index in [1.165, 1.54) is 18.2 Å². The zero-order valence-electron chi connectivity index (χ0n) is 10.0. The molecule has 0 aliphatic rings. The van der Waals surface area contributed by atoms with E-state index in [-0.39, 0.29) is 16.9 Å². The van der Waals surface area contributed by atoms with Crippen molar-refractivity contribution in [2.75, 3.05) is 7.11 Å². The van der Waals surface area contributed by atoms with Crippen molar-refractivity contribution in [3.63, 3.8) is 0 Å². The van der Waals surface area contributed by atoms with Crippen LogP contribution in [0.4, 0.5) is 13.2 Å². The minimum atomic E-state index is -4.62. The molecule has 0 unspecified atom stereocenters. The highest BCUT2D eigenvalue weighted by Gasteiger charge is 2.38. The third-order valence-electron chi connectivity index (χ3n) is 2.71. The molecule has 0 aliphatic carbocycles. The Balaban J connectivity index is 2.79. The highest BCUT2D eigenvalue weighted by atomic mass is 19.4.